The van der Waals surface area contributed by atoms with Crippen molar-refractivity contribution in [3.8, 4) is 17.2 Å². The topological polar surface area (TPSA) is 114 Å². The molecule has 0 radical (unpaired) electrons. The van der Waals surface area contributed by atoms with Crippen LogP contribution in [0.25, 0.3) is 0 Å². The van der Waals surface area contributed by atoms with E-state index in [0.29, 0.717) is 23.7 Å². The van der Waals surface area contributed by atoms with Crippen LogP contribution in [-0.4, -0.2) is 65.1 Å². The van der Waals surface area contributed by atoms with Crippen molar-refractivity contribution in [1.82, 2.24) is 10.2 Å². The maximum atomic E-state index is 14.2. The molecule has 1 N–H and O–H groups in total. The Morgan fingerprint density at radius 2 is 1.50 bits per heavy atom. The number of nitrogens with zero attached hydrogens (tertiary/aromatic N) is 2. The van der Waals surface area contributed by atoms with E-state index in [4.69, 9.17) is 14.2 Å². The van der Waals surface area contributed by atoms with Crippen LogP contribution in [-0.2, 0) is 26.2 Å². The highest BCUT2D eigenvalue weighted by molar-refractivity contribution is 7.92. The Bertz CT molecular complexity index is 1450. The quantitative estimate of drug-likeness (QED) is 0.296. The van der Waals surface area contributed by atoms with Gasteiger partial charge in [-0.1, -0.05) is 37.3 Å². The molecule has 0 aliphatic heterocycles. The fraction of sp³-hybridized carbons (Fsp3) is 0.355. The zero-order valence-electron chi connectivity index (χ0n) is 24.9. The number of sulfonamides is 1. The van der Waals surface area contributed by atoms with Crippen LogP contribution in [0.5, 0.6) is 17.2 Å². The predicted octanol–water partition coefficient (Wildman–Crippen LogP) is 4.24. The van der Waals surface area contributed by atoms with E-state index in [0.717, 1.165) is 9.87 Å². The minimum Gasteiger partial charge on any atom is -0.497 e. The SMILES string of the molecule is CCC(C(=O)NC(C)C)N(Cc1ccc(OC)cc1)C(=O)CN(c1ccc(OC)c(OC)c1)S(=O)(=O)c1ccccc1. The highest BCUT2D eigenvalue weighted by Gasteiger charge is 2.34. The summed E-state index contributed by atoms with van der Waals surface area (Å²) in [5.74, 6) is 0.481. The van der Waals surface area contributed by atoms with E-state index in [1.165, 1.54) is 37.3 Å². The summed E-state index contributed by atoms with van der Waals surface area (Å²) in [6.07, 6.45) is 0.322. The summed E-state index contributed by atoms with van der Waals surface area (Å²) in [6, 6.07) is 18.6. The summed E-state index contributed by atoms with van der Waals surface area (Å²) in [6.45, 7) is 5.01. The standard InChI is InChI=1S/C31H39N3O7S/c1-7-27(31(36)32-22(2)3)33(20-23-13-16-25(39-4)17-14-23)30(35)21-34(42(37,38)26-11-9-8-10-12-26)24-15-18-28(40-5)29(19-24)41-6/h8-19,22,27H,7,20-21H2,1-6H3,(H,32,36). The zero-order chi connectivity index (χ0) is 30.9. The van der Waals surface area contributed by atoms with Crippen LogP contribution < -0.4 is 23.8 Å². The second-order valence-corrected chi connectivity index (χ2v) is 11.7. The summed E-state index contributed by atoms with van der Waals surface area (Å²) >= 11 is 0. The number of ether oxygens (including phenoxy) is 3. The number of anilines is 1. The minimum atomic E-state index is -4.21. The molecule has 11 heteroatoms. The second kappa shape index (κ2) is 14.6. The molecule has 0 aliphatic carbocycles. The van der Waals surface area contributed by atoms with Gasteiger partial charge in [-0.05, 0) is 62.2 Å². The first-order valence-electron chi connectivity index (χ1n) is 13.6. The minimum absolute atomic E-state index is 0.0129. The highest BCUT2D eigenvalue weighted by atomic mass is 32.2. The van der Waals surface area contributed by atoms with Crippen LogP contribution in [0.3, 0.4) is 0 Å². The largest absolute Gasteiger partial charge is 0.497 e. The Labute approximate surface area is 248 Å². The van der Waals surface area contributed by atoms with Crippen LogP contribution in [0.1, 0.15) is 32.8 Å². The molecule has 0 fully saturated rings. The van der Waals surface area contributed by atoms with Crippen molar-refractivity contribution in [2.45, 2.75) is 50.7 Å². The van der Waals surface area contributed by atoms with Crippen LogP contribution in [0.4, 0.5) is 5.69 Å². The van der Waals surface area contributed by atoms with Crippen molar-refractivity contribution >= 4 is 27.5 Å². The number of amides is 2. The van der Waals surface area contributed by atoms with Crippen LogP contribution in [0, 0.1) is 0 Å². The van der Waals surface area contributed by atoms with Gasteiger partial charge in [0.25, 0.3) is 10.0 Å². The van der Waals surface area contributed by atoms with Gasteiger partial charge in [0, 0.05) is 18.7 Å². The van der Waals surface area contributed by atoms with Crippen LogP contribution in [0.15, 0.2) is 77.7 Å². The molecule has 0 spiro atoms. The maximum absolute atomic E-state index is 14.2. The molecule has 3 aromatic rings. The Kier molecular flexibility index (Phi) is 11.2. The van der Waals surface area contributed by atoms with Gasteiger partial charge >= 0.3 is 0 Å². The molecule has 0 saturated carbocycles. The van der Waals surface area contributed by atoms with Gasteiger partial charge in [0.2, 0.25) is 11.8 Å². The molecule has 226 valence electrons. The Hall–Kier alpha value is -4.25. The highest BCUT2D eigenvalue weighted by Crippen LogP contribution is 2.34. The van der Waals surface area contributed by atoms with Gasteiger partial charge in [0.1, 0.15) is 18.3 Å². The van der Waals surface area contributed by atoms with E-state index >= 15 is 0 Å². The lowest BCUT2D eigenvalue weighted by Gasteiger charge is -2.33. The monoisotopic (exact) mass is 597 g/mol. The molecule has 3 rings (SSSR count). The Morgan fingerprint density at radius 3 is 2.05 bits per heavy atom. The zero-order valence-corrected chi connectivity index (χ0v) is 25.7. The summed E-state index contributed by atoms with van der Waals surface area (Å²) in [5, 5.41) is 2.89. The Morgan fingerprint density at radius 1 is 0.857 bits per heavy atom. The maximum Gasteiger partial charge on any atom is 0.264 e. The molecule has 0 bridgehead atoms. The third-order valence-electron chi connectivity index (χ3n) is 6.59. The lowest BCUT2D eigenvalue weighted by Crippen LogP contribution is -2.53. The smallest absolute Gasteiger partial charge is 0.264 e. The van der Waals surface area contributed by atoms with Gasteiger partial charge in [-0.25, -0.2) is 8.42 Å². The molecule has 1 atom stereocenters. The van der Waals surface area contributed by atoms with Gasteiger partial charge in [-0.3, -0.25) is 13.9 Å². The molecule has 0 saturated heterocycles. The fourth-order valence-electron chi connectivity index (χ4n) is 4.46. The van der Waals surface area contributed by atoms with Gasteiger partial charge in [0.15, 0.2) is 11.5 Å². The number of carbonyl (C=O) groups excluding carboxylic acids is 2. The predicted molar refractivity (Wildman–Crippen MR) is 161 cm³/mol. The molecular formula is C31H39N3O7S. The Balaban J connectivity index is 2.10. The van der Waals surface area contributed by atoms with Gasteiger partial charge in [0.05, 0.1) is 31.9 Å². The van der Waals surface area contributed by atoms with E-state index in [1.54, 1.807) is 61.7 Å². The van der Waals surface area contributed by atoms with E-state index < -0.39 is 28.5 Å². The number of nitrogens with one attached hydrogen (secondary N) is 1. The van der Waals surface area contributed by atoms with Crippen molar-refractivity contribution < 1.29 is 32.2 Å². The number of benzene rings is 3. The summed E-state index contributed by atoms with van der Waals surface area (Å²) in [7, 11) is 0.270. The molecule has 0 aromatic heterocycles. The molecule has 10 nitrogen and oxygen atoms in total. The third kappa shape index (κ3) is 7.73. The summed E-state index contributed by atoms with van der Waals surface area (Å²) < 4.78 is 45.0. The molecular weight excluding hydrogens is 558 g/mol. The molecule has 3 aromatic carbocycles. The van der Waals surface area contributed by atoms with E-state index in [9.17, 15) is 18.0 Å². The second-order valence-electron chi connectivity index (χ2n) is 9.82. The average Bonchev–Trinajstić information content (AvgIpc) is 2.99. The van der Waals surface area contributed by atoms with Crippen molar-refractivity contribution in [1.29, 1.82) is 0 Å². The first-order valence-corrected chi connectivity index (χ1v) is 15.0. The first-order chi connectivity index (χ1) is 20.0. The molecule has 1 unspecified atom stereocenters. The molecule has 2 amide bonds. The van der Waals surface area contributed by atoms with Crippen molar-refractivity contribution in [3.05, 3.63) is 78.4 Å². The first kappa shape index (κ1) is 32.3. The number of hydrogen-bond acceptors (Lipinski definition) is 7. The van der Waals surface area contributed by atoms with Gasteiger partial charge < -0.3 is 24.4 Å². The van der Waals surface area contributed by atoms with Crippen molar-refractivity contribution in [3.63, 3.8) is 0 Å². The molecule has 42 heavy (non-hydrogen) atoms. The van der Waals surface area contributed by atoms with E-state index in [-0.39, 0.29) is 29.1 Å². The number of carbonyl (C=O) groups is 2. The lowest BCUT2D eigenvalue weighted by atomic mass is 10.1. The van der Waals surface area contributed by atoms with Crippen molar-refractivity contribution in [2.24, 2.45) is 0 Å². The third-order valence-corrected chi connectivity index (χ3v) is 8.38. The van der Waals surface area contributed by atoms with Crippen LogP contribution >= 0.6 is 0 Å². The fourth-order valence-corrected chi connectivity index (χ4v) is 5.88. The number of methoxy groups -OCH3 is 3. The summed E-state index contributed by atoms with van der Waals surface area (Å²) in [4.78, 5) is 28.9. The van der Waals surface area contributed by atoms with E-state index in [1.807, 2.05) is 20.8 Å². The normalized spacial score (nSPS) is 11.9. The molecule has 0 heterocycles. The van der Waals surface area contributed by atoms with E-state index in [2.05, 4.69) is 5.32 Å². The van der Waals surface area contributed by atoms with Crippen LogP contribution in [0.2, 0.25) is 0 Å². The molecule has 0 aliphatic rings. The summed E-state index contributed by atoms with van der Waals surface area (Å²) in [5.41, 5.74) is 0.956. The van der Waals surface area contributed by atoms with Gasteiger partial charge in [-0.15, -0.1) is 0 Å². The van der Waals surface area contributed by atoms with Crippen molar-refractivity contribution in [2.75, 3.05) is 32.2 Å². The lowest BCUT2D eigenvalue weighted by molar-refractivity contribution is -0.140. The number of hydrogen-bond donors (Lipinski definition) is 1. The van der Waals surface area contributed by atoms with Gasteiger partial charge in [-0.2, -0.15) is 0 Å². The number of rotatable bonds is 14. The average molecular weight is 598 g/mol.